The Morgan fingerprint density at radius 3 is 2.53 bits per heavy atom. The van der Waals surface area contributed by atoms with E-state index in [9.17, 15) is 0 Å². The predicted molar refractivity (Wildman–Crippen MR) is 73.8 cm³/mol. The van der Waals surface area contributed by atoms with Crippen molar-refractivity contribution in [3.05, 3.63) is 29.3 Å². The third kappa shape index (κ3) is 5.22. The lowest BCUT2D eigenvalue weighted by molar-refractivity contribution is 0.296. The van der Waals surface area contributed by atoms with Gasteiger partial charge in [0.15, 0.2) is 0 Å². The number of ether oxygens (including phenoxy) is 1. The number of nitrogens with one attached hydrogen (secondary N) is 1. The van der Waals surface area contributed by atoms with Gasteiger partial charge in [0.1, 0.15) is 5.75 Å². The summed E-state index contributed by atoms with van der Waals surface area (Å²) in [5.74, 6) is 1.01. The van der Waals surface area contributed by atoms with Crippen LogP contribution in [0.1, 0.15) is 38.3 Å². The van der Waals surface area contributed by atoms with Crippen molar-refractivity contribution in [3.8, 4) is 5.75 Å². The molecule has 96 valence electrons. The largest absolute Gasteiger partial charge is 0.493 e. The second-order valence-electron chi connectivity index (χ2n) is 5.58. The second-order valence-corrected chi connectivity index (χ2v) is 5.58. The van der Waals surface area contributed by atoms with E-state index in [2.05, 4.69) is 46.0 Å². The molecule has 0 aliphatic rings. The number of hydrogen-bond acceptors (Lipinski definition) is 2. The zero-order valence-corrected chi connectivity index (χ0v) is 11.8. The van der Waals surface area contributed by atoms with Crippen molar-refractivity contribution in [3.63, 3.8) is 0 Å². The Morgan fingerprint density at radius 1 is 1.18 bits per heavy atom. The summed E-state index contributed by atoms with van der Waals surface area (Å²) < 4.78 is 5.79. The maximum atomic E-state index is 5.79. The van der Waals surface area contributed by atoms with Crippen LogP contribution in [0, 0.1) is 13.8 Å². The predicted octanol–water partition coefficient (Wildman–Crippen LogP) is 3.46. The Bertz CT molecular complexity index is 352. The maximum Gasteiger partial charge on any atom is 0.122 e. The molecule has 1 N–H and O–H groups in total. The molecule has 0 fully saturated rings. The molecule has 0 aliphatic carbocycles. The summed E-state index contributed by atoms with van der Waals surface area (Å²) in [6.45, 7) is 12.5. The third-order valence-electron chi connectivity index (χ3n) is 2.79. The molecular weight excluding hydrogens is 210 g/mol. The van der Waals surface area contributed by atoms with Crippen LogP contribution in [0.3, 0.4) is 0 Å². The Morgan fingerprint density at radius 2 is 1.88 bits per heavy atom. The van der Waals surface area contributed by atoms with E-state index in [0.29, 0.717) is 0 Å². The van der Waals surface area contributed by atoms with E-state index in [-0.39, 0.29) is 5.54 Å². The molecular formula is C15H25NO. The van der Waals surface area contributed by atoms with Crippen LogP contribution in [0.4, 0.5) is 0 Å². The summed E-state index contributed by atoms with van der Waals surface area (Å²) in [5.41, 5.74) is 2.73. The van der Waals surface area contributed by atoms with Gasteiger partial charge in [0, 0.05) is 5.54 Å². The van der Waals surface area contributed by atoms with Crippen molar-refractivity contribution in [1.29, 1.82) is 0 Å². The molecule has 17 heavy (non-hydrogen) atoms. The van der Waals surface area contributed by atoms with Gasteiger partial charge in [-0.1, -0.05) is 12.1 Å². The van der Waals surface area contributed by atoms with Gasteiger partial charge in [0.25, 0.3) is 0 Å². The van der Waals surface area contributed by atoms with Gasteiger partial charge >= 0.3 is 0 Å². The second kappa shape index (κ2) is 6.06. The van der Waals surface area contributed by atoms with Crippen molar-refractivity contribution >= 4 is 0 Å². The lowest BCUT2D eigenvalue weighted by Crippen LogP contribution is -2.36. The highest BCUT2D eigenvalue weighted by Crippen LogP contribution is 2.20. The Balaban J connectivity index is 2.29. The molecule has 1 aromatic rings. The average Bonchev–Trinajstić information content (AvgIpc) is 2.22. The molecule has 0 atom stereocenters. The van der Waals surface area contributed by atoms with Crippen LogP contribution in [-0.4, -0.2) is 18.7 Å². The average molecular weight is 235 g/mol. The summed E-state index contributed by atoms with van der Waals surface area (Å²) in [5, 5.41) is 3.45. The van der Waals surface area contributed by atoms with Gasteiger partial charge < -0.3 is 10.1 Å². The van der Waals surface area contributed by atoms with Crippen LogP contribution in [0.2, 0.25) is 0 Å². The summed E-state index contributed by atoms with van der Waals surface area (Å²) in [4.78, 5) is 0. The molecule has 1 aromatic carbocycles. The quantitative estimate of drug-likeness (QED) is 0.789. The smallest absolute Gasteiger partial charge is 0.122 e. The van der Waals surface area contributed by atoms with E-state index in [0.717, 1.165) is 25.3 Å². The molecule has 0 unspecified atom stereocenters. The van der Waals surface area contributed by atoms with Crippen LogP contribution in [0.25, 0.3) is 0 Å². The molecule has 2 nitrogen and oxygen atoms in total. The number of hydrogen-bond donors (Lipinski definition) is 1. The lowest BCUT2D eigenvalue weighted by atomic mass is 10.1. The highest BCUT2D eigenvalue weighted by molar-refractivity contribution is 5.38. The molecule has 0 heterocycles. The minimum Gasteiger partial charge on any atom is -0.493 e. The maximum absolute atomic E-state index is 5.79. The van der Waals surface area contributed by atoms with E-state index < -0.39 is 0 Å². The van der Waals surface area contributed by atoms with Gasteiger partial charge in [-0.15, -0.1) is 0 Å². The molecule has 0 spiro atoms. The van der Waals surface area contributed by atoms with Crippen LogP contribution in [0.15, 0.2) is 18.2 Å². The Labute approximate surface area is 105 Å². The van der Waals surface area contributed by atoms with Gasteiger partial charge in [-0.3, -0.25) is 0 Å². The monoisotopic (exact) mass is 235 g/mol. The summed E-state index contributed by atoms with van der Waals surface area (Å²) >= 11 is 0. The van der Waals surface area contributed by atoms with Crippen molar-refractivity contribution in [2.24, 2.45) is 0 Å². The fraction of sp³-hybridized carbons (Fsp3) is 0.600. The number of aryl methyl sites for hydroxylation is 1. The molecule has 0 bridgehead atoms. The normalized spacial score (nSPS) is 11.6. The van der Waals surface area contributed by atoms with E-state index in [1.54, 1.807) is 0 Å². The first-order valence-electron chi connectivity index (χ1n) is 6.34. The van der Waals surface area contributed by atoms with Crippen LogP contribution in [-0.2, 0) is 0 Å². The SMILES string of the molecule is Cc1cccc(OCCCNC(C)(C)C)c1C. The summed E-state index contributed by atoms with van der Waals surface area (Å²) in [6, 6.07) is 6.20. The summed E-state index contributed by atoms with van der Waals surface area (Å²) in [6.07, 6.45) is 1.03. The first-order valence-corrected chi connectivity index (χ1v) is 6.34. The van der Waals surface area contributed by atoms with E-state index in [1.165, 1.54) is 11.1 Å². The standard InChI is InChI=1S/C15H25NO/c1-12-8-6-9-14(13(12)2)17-11-7-10-16-15(3,4)5/h6,8-9,16H,7,10-11H2,1-5H3. The lowest BCUT2D eigenvalue weighted by Gasteiger charge is -2.20. The molecule has 2 heteroatoms. The molecule has 0 saturated heterocycles. The van der Waals surface area contributed by atoms with Crippen LogP contribution >= 0.6 is 0 Å². The molecule has 0 radical (unpaired) electrons. The summed E-state index contributed by atoms with van der Waals surface area (Å²) in [7, 11) is 0. The fourth-order valence-corrected chi connectivity index (χ4v) is 1.60. The molecule has 1 rings (SSSR count). The Hall–Kier alpha value is -1.02. The van der Waals surface area contributed by atoms with Crippen molar-refractivity contribution in [2.45, 2.75) is 46.6 Å². The zero-order chi connectivity index (χ0) is 12.9. The van der Waals surface area contributed by atoms with Gasteiger partial charge in [-0.25, -0.2) is 0 Å². The van der Waals surface area contributed by atoms with E-state index in [1.807, 2.05) is 12.1 Å². The van der Waals surface area contributed by atoms with Gasteiger partial charge in [-0.05, 0) is 64.8 Å². The van der Waals surface area contributed by atoms with Gasteiger partial charge in [-0.2, -0.15) is 0 Å². The molecule has 0 aliphatic heterocycles. The van der Waals surface area contributed by atoms with Crippen LogP contribution in [0.5, 0.6) is 5.75 Å². The van der Waals surface area contributed by atoms with Crippen molar-refractivity contribution in [2.75, 3.05) is 13.2 Å². The minimum absolute atomic E-state index is 0.194. The number of benzene rings is 1. The van der Waals surface area contributed by atoms with Crippen LogP contribution < -0.4 is 10.1 Å². The fourth-order valence-electron chi connectivity index (χ4n) is 1.60. The topological polar surface area (TPSA) is 21.3 Å². The van der Waals surface area contributed by atoms with Crippen molar-refractivity contribution in [1.82, 2.24) is 5.32 Å². The van der Waals surface area contributed by atoms with Crippen molar-refractivity contribution < 1.29 is 4.74 Å². The molecule has 0 saturated carbocycles. The highest BCUT2D eigenvalue weighted by Gasteiger charge is 2.07. The third-order valence-corrected chi connectivity index (χ3v) is 2.79. The molecule has 0 aromatic heterocycles. The molecule has 0 amide bonds. The highest BCUT2D eigenvalue weighted by atomic mass is 16.5. The van der Waals surface area contributed by atoms with E-state index >= 15 is 0 Å². The van der Waals surface area contributed by atoms with Gasteiger partial charge in [0.05, 0.1) is 6.61 Å². The number of rotatable bonds is 5. The zero-order valence-electron chi connectivity index (χ0n) is 11.8. The van der Waals surface area contributed by atoms with Gasteiger partial charge in [0.2, 0.25) is 0 Å². The Kier molecular flexibility index (Phi) is 5.01. The first-order chi connectivity index (χ1) is 7.90. The minimum atomic E-state index is 0.194. The van der Waals surface area contributed by atoms with E-state index in [4.69, 9.17) is 4.74 Å². The first kappa shape index (κ1) is 14.0.